The minimum atomic E-state index is -0.0226. The largest absolute Gasteiger partial charge is 0.370 e. The van der Waals surface area contributed by atoms with Gasteiger partial charge < -0.3 is 5.32 Å². The molecule has 0 amide bonds. The number of fused-ring (bicyclic) bond motifs is 8. The second-order valence-electron chi connectivity index (χ2n) is 11.2. The number of nitrogens with zero attached hydrogens (tertiary/aromatic N) is 2. The minimum absolute atomic E-state index is 0.0226. The van der Waals surface area contributed by atoms with Crippen LogP contribution >= 0.6 is 0 Å². The summed E-state index contributed by atoms with van der Waals surface area (Å²) in [6.45, 7) is 0. The van der Waals surface area contributed by atoms with E-state index in [0.29, 0.717) is 0 Å². The van der Waals surface area contributed by atoms with Gasteiger partial charge in [-0.2, -0.15) is 0 Å². The molecule has 3 nitrogen and oxygen atoms in total. The summed E-state index contributed by atoms with van der Waals surface area (Å²) < 4.78 is 0. The van der Waals surface area contributed by atoms with E-state index in [1.807, 2.05) is 0 Å². The van der Waals surface area contributed by atoms with E-state index in [1.165, 1.54) is 55.0 Å². The van der Waals surface area contributed by atoms with Gasteiger partial charge in [0.1, 0.15) is 11.9 Å². The lowest BCUT2D eigenvalue weighted by Crippen LogP contribution is -2.29. The summed E-state index contributed by atoms with van der Waals surface area (Å²) in [7, 11) is 0. The van der Waals surface area contributed by atoms with Gasteiger partial charge in [0.15, 0.2) is 0 Å². The summed E-state index contributed by atoms with van der Waals surface area (Å²) in [4.78, 5) is 7.55. The first-order valence-corrected chi connectivity index (χ1v) is 14.4. The van der Waals surface area contributed by atoms with Crippen LogP contribution in [0.3, 0.4) is 0 Å². The van der Waals surface area contributed by atoms with Gasteiger partial charge in [0.25, 0.3) is 0 Å². The SMILES string of the molecule is C1=Cc2ccc3cc(-c4ccc5c(c4)C4Nc6ccccc6N=C4N5c4ccc5ccccc5c4)ccc3c2CC1. The highest BCUT2D eigenvalue weighted by molar-refractivity contribution is 6.17. The van der Waals surface area contributed by atoms with Crippen molar-refractivity contribution in [2.24, 2.45) is 4.99 Å². The van der Waals surface area contributed by atoms with Crippen LogP contribution in [0.2, 0.25) is 0 Å². The second-order valence-corrected chi connectivity index (χ2v) is 11.2. The van der Waals surface area contributed by atoms with Crippen LogP contribution in [0.25, 0.3) is 38.7 Å². The molecule has 0 saturated heterocycles. The summed E-state index contributed by atoms with van der Waals surface area (Å²) in [6.07, 6.45) is 6.78. The van der Waals surface area contributed by atoms with Gasteiger partial charge in [-0.05, 0) is 99.1 Å². The molecule has 1 aliphatic carbocycles. The Labute approximate surface area is 239 Å². The van der Waals surface area contributed by atoms with Crippen molar-refractivity contribution in [1.29, 1.82) is 0 Å². The van der Waals surface area contributed by atoms with E-state index in [4.69, 9.17) is 4.99 Å². The van der Waals surface area contributed by atoms with Crippen molar-refractivity contribution in [3.8, 4) is 11.1 Å². The van der Waals surface area contributed by atoms with Crippen molar-refractivity contribution in [3.05, 3.63) is 138 Å². The Morgan fingerprint density at radius 1 is 0.707 bits per heavy atom. The van der Waals surface area contributed by atoms with Crippen LogP contribution in [0.5, 0.6) is 0 Å². The highest BCUT2D eigenvalue weighted by Crippen LogP contribution is 2.49. The number of aliphatic imine (C=N–C) groups is 1. The molecular formula is C38H27N3. The third-order valence-corrected chi connectivity index (χ3v) is 8.86. The van der Waals surface area contributed by atoms with Crippen LogP contribution in [0.15, 0.2) is 126 Å². The Balaban J connectivity index is 1.20. The predicted molar refractivity (Wildman–Crippen MR) is 173 cm³/mol. The van der Waals surface area contributed by atoms with E-state index in [2.05, 4.69) is 138 Å². The monoisotopic (exact) mass is 525 g/mol. The number of allylic oxidation sites excluding steroid dienone is 1. The molecule has 0 aromatic heterocycles. The van der Waals surface area contributed by atoms with E-state index in [9.17, 15) is 0 Å². The van der Waals surface area contributed by atoms with Crippen LogP contribution in [-0.4, -0.2) is 5.84 Å². The van der Waals surface area contributed by atoms with Gasteiger partial charge in [-0.15, -0.1) is 0 Å². The first-order valence-electron chi connectivity index (χ1n) is 14.4. The summed E-state index contributed by atoms with van der Waals surface area (Å²) in [5.74, 6) is 1.02. The fourth-order valence-electron chi connectivity index (χ4n) is 6.84. The molecule has 3 aliphatic rings. The topological polar surface area (TPSA) is 27.6 Å². The van der Waals surface area contributed by atoms with Gasteiger partial charge in [0, 0.05) is 11.3 Å². The van der Waals surface area contributed by atoms with Crippen molar-refractivity contribution >= 4 is 56.2 Å². The standard InChI is InChI=1S/C38H27N3/c1-2-9-26-22-30(18-15-24(26)7-1)41-36-20-17-28(23-33(36)37-38(41)40-35-12-6-5-11-34(35)39-37)27-16-19-32-29(21-27)14-13-25-8-3-4-10-31(25)32/h1-3,5-9,11-23,37,39H,4,10H2. The van der Waals surface area contributed by atoms with Gasteiger partial charge in [0.2, 0.25) is 0 Å². The van der Waals surface area contributed by atoms with Crippen LogP contribution in [0.4, 0.5) is 22.7 Å². The van der Waals surface area contributed by atoms with Crippen LogP contribution < -0.4 is 10.2 Å². The summed E-state index contributed by atoms with van der Waals surface area (Å²) in [5.41, 5.74) is 10.9. The quantitative estimate of drug-likeness (QED) is 0.244. The zero-order valence-electron chi connectivity index (χ0n) is 22.5. The molecule has 2 heterocycles. The molecule has 0 radical (unpaired) electrons. The maximum absolute atomic E-state index is 5.22. The normalized spacial score (nSPS) is 16.5. The molecule has 0 bridgehead atoms. The minimum Gasteiger partial charge on any atom is -0.370 e. The fourth-order valence-corrected chi connectivity index (χ4v) is 6.84. The summed E-state index contributed by atoms with van der Waals surface area (Å²) in [5, 5.41) is 8.97. The molecule has 194 valence electrons. The molecule has 0 fully saturated rings. The Morgan fingerprint density at radius 3 is 2.51 bits per heavy atom. The zero-order valence-corrected chi connectivity index (χ0v) is 22.5. The number of para-hydroxylation sites is 2. The lowest BCUT2D eigenvalue weighted by Gasteiger charge is -2.27. The molecule has 6 aromatic carbocycles. The maximum atomic E-state index is 5.22. The molecule has 2 aliphatic heterocycles. The van der Waals surface area contributed by atoms with Crippen molar-refractivity contribution in [2.45, 2.75) is 18.9 Å². The number of hydrogen-bond acceptors (Lipinski definition) is 3. The van der Waals surface area contributed by atoms with Gasteiger partial charge >= 0.3 is 0 Å². The van der Waals surface area contributed by atoms with Crippen LogP contribution in [0.1, 0.15) is 29.2 Å². The zero-order chi connectivity index (χ0) is 26.9. The highest BCUT2D eigenvalue weighted by atomic mass is 15.3. The molecule has 3 heteroatoms. The summed E-state index contributed by atoms with van der Waals surface area (Å²) in [6, 6.07) is 41.9. The van der Waals surface area contributed by atoms with Crippen LogP contribution in [0, 0.1) is 0 Å². The lowest BCUT2D eigenvalue weighted by atomic mass is 9.90. The Morgan fingerprint density at radius 2 is 1.54 bits per heavy atom. The van der Waals surface area contributed by atoms with E-state index >= 15 is 0 Å². The Kier molecular flexibility index (Phi) is 4.79. The Bertz CT molecular complexity index is 2100. The van der Waals surface area contributed by atoms with E-state index in [-0.39, 0.29) is 6.04 Å². The molecule has 0 spiro atoms. The number of nitrogens with one attached hydrogen (secondary N) is 1. The molecule has 9 rings (SSSR count). The van der Waals surface area contributed by atoms with Gasteiger partial charge in [-0.3, -0.25) is 4.90 Å². The van der Waals surface area contributed by atoms with E-state index in [0.717, 1.165) is 35.7 Å². The van der Waals surface area contributed by atoms with Crippen LogP contribution in [-0.2, 0) is 6.42 Å². The smallest absolute Gasteiger partial charge is 0.141 e. The number of hydrogen-bond donors (Lipinski definition) is 1. The van der Waals surface area contributed by atoms with Gasteiger partial charge in [-0.25, -0.2) is 4.99 Å². The maximum Gasteiger partial charge on any atom is 0.141 e. The van der Waals surface area contributed by atoms with E-state index < -0.39 is 0 Å². The molecule has 1 N–H and O–H groups in total. The fraction of sp³-hybridized carbons (Fsp3) is 0.0789. The lowest BCUT2D eigenvalue weighted by molar-refractivity contribution is 0.997. The first kappa shape index (κ1) is 22.6. The first-order chi connectivity index (χ1) is 20.3. The second kappa shape index (κ2) is 8.67. The average Bonchev–Trinajstić information content (AvgIpc) is 3.35. The molecule has 1 unspecified atom stereocenters. The van der Waals surface area contributed by atoms with Gasteiger partial charge in [0.05, 0.1) is 17.1 Å². The molecule has 0 saturated carbocycles. The molecular weight excluding hydrogens is 498 g/mol. The summed E-state index contributed by atoms with van der Waals surface area (Å²) >= 11 is 0. The molecule has 41 heavy (non-hydrogen) atoms. The third kappa shape index (κ3) is 3.49. The number of amidine groups is 1. The highest BCUT2D eigenvalue weighted by Gasteiger charge is 2.39. The van der Waals surface area contributed by atoms with Crippen molar-refractivity contribution in [1.82, 2.24) is 0 Å². The van der Waals surface area contributed by atoms with Gasteiger partial charge in [-0.1, -0.05) is 84.9 Å². The van der Waals surface area contributed by atoms with E-state index in [1.54, 1.807) is 0 Å². The Hall–Kier alpha value is -5.15. The average molecular weight is 526 g/mol. The number of anilines is 3. The molecule has 1 atom stereocenters. The predicted octanol–water partition coefficient (Wildman–Crippen LogP) is 9.97. The number of rotatable bonds is 2. The van der Waals surface area contributed by atoms with Crippen molar-refractivity contribution in [3.63, 3.8) is 0 Å². The van der Waals surface area contributed by atoms with Crippen molar-refractivity contribution < 1.29 is 0 Å². The number of aryl methyl sites for hydroxylation is 1. The third-order valence-electron chi connectivity index (χ3n) is 8.86. The molecule has 6 aromatic rings. The van der Waals surface area contributed by atoms with Crippen molar-refractivity contribution in [2.75, 3.05) is 10.2 Å². The number of benzene rings is 6.